The van der Waals surface area contributed by atoms with Gasteiger partial charge in [-0.25, -0.2) is 4.98 Å². The van der Waals surface area contributed by atoms with Gasteiger partial charge in [0.15, 0.2) is 17.8 Å². The molecule has 1 saturated heterocycles. The monoisotopic (exact) mass is 772 g/mol. The van der Waals surface area contributed by atoms with E-state index in [4.69, 9.17) is 18.9 Å². The molecule has 57 heavy (non-hydrogen) atoms. The van der Waals surface area contributed by atoms with Gasteiger partial charge in [0.1, 0.15) is 5.69 Å². The van der Waals surface area contributed by atoms with E-state index in [9.17, 15) is 14.7 Å². The molecular weight excluding hydrogens is 733 g/mol. The molecule has 7 aromatic rings. The summed E-state index contributed by atoms with van der Waals surface area (Å²) in [4.78, 5) is 30.5. The van der Waals surface area contributed by atoms with Crippen LogP contribution in [-0.2, 0) is 16.1 Å². The van der Waals surface area contributed by atoms with Gasteiger partial charge in [0, 0.05) is 45.2 Å². The minimum atomic E-state index is -0.837. The first-order valence-electron chi connectivity index (χ1n) is 18.8. The SMILES string of the molecule is CC(=O)c1cccc(NC(=O)c2cccc(C3O[C@H](CSc4nc(-c5ccccc5)c(-c5ccccc5)o4)[C@@H](c4ccccc4)[C@H](c4ccc(CO)cc4)O3)c2)c1. The number of carbonyl (C=O) groups excluding carboxylic acids is 2. The molecule has 1 aliphatic rings. The molecule has 1 unspecified atom stereocenters. The van der Waals surface area contributed by atoms with Gasteiger partial charge >= 0.3 is 0 Å². The molecule has 8 rings (SSSR count). The van der Waals surface area contributed by atoms with Gasteiger partial charge in [-0.2, -0.15) is 0 Å². The molecule has 4 atom stereocenters. The van der Waals surface area contributed by atoms with Crippen LogP contribution in [0.15, 0.2) is 173 Å². The zero-order valence-corrected chi connectivity index (χ0v) is 32.0. The van der Waals surface area contributed by atoms with E-state index in [1.165, 1.54) is 18.7 Å². The average Bonchev–Trinajstić information content (AvgIpc) is 3.71. The highest BCUT2D eigenvalue weighted by molar-refractivity contribution is 7.99. The minimum Gasteiger partial charge on any atom is -0.431 e. The number of aliphatic hydroxyl groups is 1. The van der Waals surface area contributed by atoms with Crippen molar-refractivity contribution in [1.29, 1.82) is 0 Å². The number of anilines is 1. The number of rotatable bonds is 12. The van der Waals surface area contributed by atoms with Crippen LogP contribution in [-0.4, -0.2) is 33.6 Å². The molecule has 8 nitrogen and oxygen atoms in total. The Morgan fingerprint density at radius 2 is 1.33 bits per heavy atom. The van der Waals surface area contributed by atoms with Crippen molar-refractivity contribution in [2.45, 2.75) is 43.2 Å². The normalized spacial score (nSPS) is 17.9. The summed E-state index contributed by atoms with van der Waals surface area (Å²) in [5.74, 6) is 0.510. The molecule has 284 valence electrons. The molecule has 1 aliphatic heterocycles. The molecule has 0 radical (unpaired) electrons. The summed E-state index contributed by atoms with van der Waals surface area (Å²) in [5, 5.41) is 13.3. The quantitative estimate of drug-likeness (QED) is 0.0933. The van der Waals surface area contributed by atoms with E-state index in [1.807, 2.05) is 115 Å². The molecule has 1 fully saturated rings. The molecular formula is C48H40N2O6S. The number of amides is 1. The molecule has 0 saturated carbocycles. The number of aliphatic hydroxyl groups excluding tert-OH is 1. The molecule has 1 amide bonds. The first-order chi connectivity index (χ1) is 27.9. The van der Waals surface area contributed by atoms with Crippen LogP contribution >= 0.6 is 11.8 Å². The number of nitrogens with one attached hydrogen (secondary N) is 1. The number of nitrogens with zero attached hydrogens (tertiary/aromatic N) is 1. The smallest absolute Gasteiger partial charge is 0.256 e. The summed E-state index contributed by atoms with van der Waals surface area (Å²) in [5.41, 5.74) is 7.54. The molecule has 9 heteroatoms. The van der Waals surface area contributed by atoms with E-state index >= 15 is 0 Å². The predicted octanol–water partition coefficient (Wildman–Crippen LogP) is 10.7. The van der Waals surface area contributed by atoms with Crippen molar-refractivity contribution in [3.05, 3.63) is 197 Å². The van der Waals surface area contributed by atoms with Crippen LogP contribution in [0.4, 0.5) is 5.69 Å². The Morgan fingerprint density at radius 1 is 0.684 bits per heavy atom. The molecule has 0 aliphatic carbocycles. The van der Waals surface area contributed by atoms with Gasteiger partial charge in [0.05, 0.1) is 18.8 Å². The minimum absolute atomic E-state index is 0.0705. The van der Waals surface area contributed by atoms with Crippen LogP contribution in [0.3, 0.4) is 0 Å². The number of hydrogen-bond acceptors (Lipinski definition) is 8. The van der Waals surface area contributed by atoms with Gasteiger partial charge in [-0.3, -0.25) is 9.59 Å². The number of benzene rings is 6. The zero-order chi connectivity index (χ0) is 39.1. The Balaban J connectivity index is 1.14. The second-order valence-electron chi connectivity index (χ2n) is 13.8. The lowest BCUT2D eigenvalue weighted by Crippen LogP contribution is -2.38. The molecule has 0 spiro atoms. The van der Waals surface area contributed by atoms with Gasteiger partial charge < -0.3 is 24.3 Å². The molecule has 0 bridgehead atoms. The van der Waals surface area contributed by atoms with Crippen molar-refractivity contribution < 1.29 is 28.6 Å². The third-order valence-corrected chi connectivity index (χ3v) is 10.9. The van der Waals surface area contributed by atoms with Crippen LogP contribution in [0, 0.1) is 0 Å². The van der Waals surface area contributed by atoms with Crippen molar-refractivity contribution in [2.24, 2.45) is 0 Å². The second-order valence-corrected chi connectivity index (χ2v) is 14.8. The molecule has 2 heterocycles. The maximum atomic E-state index is 13.6. The van der Waals surface area contributed by atoms with Crippen molar-refractivity contribution in [2.75, 3.05) is 11.1 Å². The Morgan fingerprint density at radius 3 is 2.04 bits per heavy atom. The average molecular weight is 773 g/mol. The van der Waals surface area contributed by atoms with E-state index in [-0.39, 0.29) is 24.2 Å². The van der Waals surface area contributed by atoms with Crippen molar-refractivity contribution in [3.8, 4) is 22.6 Å². The molecule has 2 N–H and O–H groups in total. The summed E-state index contributed by atoms with van der Waals surface area (Å²) >= 11 is 1.48. The summed E-state index contributed by atoms with van der Waals surface area (Å²) in [6, 6.07) is 52.1. The Kier molecular flexibility index (Phi) is 11.5. The maximum Gasteiger partial charge on any atom is 0.256 e. The number of ether oxygens (including phenoxy) is 2. The number of Topliss-reactive ketones (excluding diaryl/α,β-unsaturated/α-hetero) is 1. The largest absolute Gasteiger partial charge is 0.431 e. The first kappa shape index (κ1) is 37.8. The van der Waals surface area contributed by atoms with E-state index < -0.39 is 18.5 Å². The number of carbonyl (C=O) groups is 2. The summed E-state index contributed by atoms with van der Waals surface area (Å²) in [6.07, 6.45) is -1.70. The van der Waals surface area contributed by atoms with Crippen molar-refractivity contribution >= 4 is 29.1 Å². The van der Waals surface area contributed by atoms with Gasteiger partial charge in [-0.1, -0.05) is 151 Å². The van der Waals surface area contributed by atoms with Crippen LogP contribution in [0.5, 0.6) is 0 Å². The Bertz CT molecular complexity index is 2400. The predicted molar refractivity (Wildman–Crippen MR) is 222 cm³/mol. The third kappa shape index (κ3) is 8.67. The van der Waals surface area contributed by atoms with Gasteiger partial charge in [-0.15, -0.1) is 0 Å². The fourth-order valence-corrected chi connectivity index (χ4v) is 7.98. The first-order valence-corrected chi connectivity index (χ1v) is 19.7. The van der Waals surface area contributed by atoms with Crippen LogP contribution in [0.2, 0.25) is 0 Å². The van der Waals surface area contributed by atoms with Crippen molar-refractivity contribution in [3.63, 3.8) is 0 Å². The maximum absolute atomic E-state index is 13.6. The van der Waals surface area contributed by atoms with Gasteiger partial charge in [0.2, 0.25) is 0 Å². The van der Waals surface area contributed by atoms with E-state index in [2.05, 4.69) is 17.4 Å². The third-order valence-electron chi connectivity index (χ3n) is 9.98. The van der Waals surface area contributed by atoms with E-state index in [0.717, 1.165) is 33.5 Å². The second kappa shape index (κ2) is 17.4. The lowest BCUT2D eigenvalue weighted by atomic mass is 9.84. The van der Waals surface area contributed by atoms with Crippen molar-refractivity contribution in [1.82, 2.24) is 4.98 Å². The number of oxazole rings is 1. The van der Waals surface area contributed by atoms with Gasteiger partial charge in [0.25, 0.3) is 11.1 Å². The van der Waals surface area contributed by atoms with Crippen LogP contribution in [0.25, 0.3) is 22.6 Å². The Labute approximate surface area is 335 Å². The summed E-state index contributed by atoms with van der Waals surface area (Å²) in [7, 11) is 0. The van der Waals surface area contributed by atoms with E-state index in [1.54, 1.807) is 36.4 Å². The number of thioether (sulfide) groups is 1. The highest BCUT2D eigenvalue weighted by Gasteiger charge is 2.42. The summed E-state index contributed by atoms with van der Waals surface area (Å²) < 4.78 is 20.4. The lowest BCUT2D eigenvalue weighted by Gasteiger charge is -2.43. The highest BCUT2D eigenvalue weighted by atomic mass is 32.2. The number of hydrogen-bond donors (Lipinski definition) is 2. The Hall–Kier alpha value is -6.10. The number of aromatic nitrogens is 1. The topological polar surface area (TPSA) is 111 Å². The van der Waals surface area contributed by atoms with E-state index in [0.29, 0.717) is 39.1 Å². The highest BCUT2D eigenvalue weighted by Crippen LogP contribution is 2.48. The lowest BCUT2D eigenvalue weighted by molar-refractivity contribution is -0.255. The summed E-state index contributed by atoms with van der Waals surface area (Å²) in [6.45, 7) is 1.42. The fraction of sp³-hybridized carbons (Fsp3) is 0.146. The fourth-order valence-electron chi connectivity index (χ4n) is 7.09. The van der Waals surface area contributed by atoms with Crippen LogP contribution in [0.1, 0.15) is 68.2 Å². The van der Waals surface area contributed by atoms with Gasteiger partial charge in [-0.05, 0) is 47.9 Å². The molecule has 1 aromatic heterocycles. The standard InChI is InChI=1S/C48H40N2O6S/c1-31(52)37-19-12-22-40(28-37)49-46(53)38-20-11-21-39(27-38)47-54-41(42(33-13-5-2-6-14-33)44(55-47)36-25-23-32(29-51)24-26-36)30-57-48-50-43(34-15-7-3-8-16-34)45(56-48)35-17-9-4-10-18-35/h2-28,41-42,44,47,51H,29-30H2,1H3,(H,49,53)/t41-,42-,44+,47?/m1/s1. The zero-order valence-electron chi connectivity index (χ0n) is 31.2. The molecule has 6 aromatic carbocycles. The van der Waals surface area contributed by atoms with Crippen LogP contribution < -0.4 is 5.32 Å². The number of ketones is 1.